The first kappa shape index (κ1) is 17.6. The fourth-order valence-corrected chi connectivity index (χ4v) is 3.50. The molecule has 1 unspecified atom stereocenters. The van der Waals surface area contributed by atoms with Gasteiger partial charge in [-0.1, -0.05) is 11.6 Å². The maximum atomic E-state index is 12.6. The van der Waals surface area contributed by atoms with Crippen LogP contribution in [0.4, 0.5) is 0 Å². The smallest absolute Gasteiger partial charge is 0.305 e. The summed E-state index contributed by atoms with van der Waals surface area (Å²) in [4.78, 5) is 38.5. The molecule has 6 nitrogen and oxygen atoms in total. The van der Waals surface area contributed by atoms with Crippen LogP contribution in [-0.2, 0) is 9.59 Å². The number of nitrogens with zero attached hydrogens (tertiary/aromatic N) is 2. The monoisotopic (exact) mass is 356 g/mol. The zero-order valence-electron chi connectivity index (χ0n) is 12.6. The number of thioether (sulfide) groups is 1. The average molecular weight is 357 g/mol. The third kappa shape index (κ3) is 4.39. The molecule has 1 aliphatic rings. The van der Waals surface area contributed by atoms with Crippen molar-refractivity contribution in [1.29, 1.82) is 0 Å². The van der Waals surface area contributed by atoms with E-state index in [1.807, 2.05) is 0 Å². The lowest BCUT2D eigenvalue weighted by molar-refractivity contribution is -0.139. The van der Waals surface area contributed by atoms with Crippen LogP contribution in [0.1, 0.15) is 16.8 Å². The number of carbonyl (C=O) groups excluding carboxylic acids is 2. The van der Waals surface area contributed by atoms with Gasteiger partial charge >= 0.3 is 5.97 Å². The first-order valence-corrected chi connectivity index (χ1v) is 8.54. The molecule has 2 rings (SSSR count). The second-order valence-corrected chi connectivity index (χ2v) is 6.64. The molecule has 1 aliphatic heterocycles. The molecule has 1 aromatic rings. The molecule has 1 fully saturated rings. The maximum Gasteiger partial charge on any atom is 0.305 e. The Bertz CT molecular complexity index is 608. The standard InChI is InChI=1S/C15H17ClN2O4S/c1-17(7-6-13(19)20)15(22)12-8-23-9-18(12)14(21)10-2-4-11(16)5-3-10/h2-5,12H,6-9H2,1H3,(H,19,20). The summed E-state index contributed by atoms with van der Waals surface area (Å²) in [5.41, 5.74) is 0.475. The normalized spacial score (nSPS) is 17.1. The van der Waals surface area contributed by atoms with E-state index in [9.17, 15) is 14.4 Å². The Morgan fingerprint density at radius 1 is 1.35 bits per heavy atom. The second kappa shape index (κ2) is 7.70. The highest BCUT2D eigenvalue weighted by atomic mass is 35.5. The number of carboxylic acids is 1. The van der Waals surface area contributed by atoms with E-state index < -0.39 is 12.0 Å². The lowest BCUT2D eigenvalue weighted by Gasteiger charge is -2.27. The van der Waals surface area contributed by atoms with E-state index in [0.29, 0.717) is 22.2 Å². The van der Waals surface area contributed by atoms with Gasteiger partial charge in [-0.25, -0.2) is 0 Å². The molecule has 0 aliphatic carbocycles. The first-order valence-electron chi connectivity index (χ1n) is 7.01. The van der Waals surface area contributed by atoms with Crippen LogP contribution in [0.2, 0.25) is 5.02 Å². The van der Waals surface area contributed by atoms with Crippen molar-refractivity contribution in [2.45, 2.75) is 12.5 Å². The number of amides is 2. The Morgan fingerprint density at radius 3 is 2.61 bits per heavy atom. The van der Waals surface area contributed by atoms with Gasteiger partial charge in [0.1, 0.15) is 6.04 Å². The van der Waals surface area contributed by atoms with E-state index in [0.717, 1.165) is 0 Å². The first-order chi connectivity index (χ1) is 10.9. The van der Waals surface area contributed by atoms with Crippen molar-refractivity contribution in [1.82, 2.24) is 9.80 Å². The van der Waals surface area contributed by atoms with Crippen molar-refractivity contribution in [2.75, 3.05) is 25.2 Å². The zero-order chi connectivity index (χ0) is 17.0. The summed E-state index contributed by atoms with van der Waals surface area (Å²) in [7, 11) is 1.55. The Balaban J connectivity index is 2.07. The van der Waals surface area contributed by atoms with Crippen molar-refractivity contribution in [2.24, 2.45) is 0 Å². The molecule has 23 heavy (non-hydrogen) atoms. The molecule has 1 N–H and O–H groups in total. The predicted molar refractivity (Wildman–Crippen MR) is 88.6 cm³/mol. The third-order valence-corrected chi connectivity index (χ3v) is 4.82. The van der Waals surface area contributed by atoms with Crippen LogP contribution in [0.25, 0.3) is 0 Å². The van der Waals surface area contributed by atoms with Gasteiger partial charge in [0, 0.05) is 29.9 Å². The molecule has 1 saturated heterocycles. The van der Waals surface area contributed by atoms with E-state index >= 15 is 0 Å². The van der Waals surface area contributed by atoms with E-state index in [2.05, 4.69) is 0 Å². The van der Waals surface area contributed by atoms with Gasteiger partial charge in [-0.05, 0) is 24.3 Å². The lowest BCUT2D eigenvalue weighted by Crippen LogP contribution is -2.48. The van der Waals surface area contributed by atoms with Gasteiger partial charge in [0.15, 0.2) is 0 Å². The fourth-order valence-electron chi connectivity index (χ4n) is 2.23. The number of hydrogen-bond donors (Lipinski definition) is 1. The molecule has 124 valence electrons. The number of likely N-dealkylation sites (N-methyl/N-ethyl adjacent to an activating group) is 1. The number of aliphatic carboxylic acids is 1. The molecular formula is C15H17ClN2O4S. The van der Waals surface area contributed by atoms with Gasteiger partial charge in [-0.3, -0.25) is 14.4 Å². The highest BCUT2D eigenvalue weighted by Crippen LogP contribution is 2.25. The van der Waals surface area contributed by atoms with E-state index in [-0.39, 0.29) is 24.8 Å². The fraction of sp³-hybridized carbons (Fsp3) is 0.400. The molecule has 1 heterocycles. The summed E-state index contributed by atoms with van der Waals surface area (Å²) < 4.78 is 0. The van der Waals surface area contributed by atoms with Crippen LogP contribution in [0.5, 0.6) is 0 Å². The quantitative estimate of drug-likeness (QED) is 0.870. The Hall–Kier alpha value is -1.73. The summed E-state index contributed by atoms with van der Waals surface area (Å²) in [6.07, 6.45) is -0.118. The number of benzene rings is 1. The van der Waals surface area contributed by atoms with Crippen molar-refractivity contribution in [3.05, 3.63) is 34.9 Å². The maximum absolute atomic E-state index is 12.6. The molecule has 2 amide bonds. The summed E-state index contributed by atoms with van der Waals surface area (Å²) in [5, 5.41) is 9.24. The van der Waals surface area contributed by atoms with Crippen LogP contribution in [0, 0.1) is 0 Å². The summed E-state index contributed by atoms with van der Waals surface area (Å²) in [5.74, 6) is -0.477. The van der Waals surface area contributed by atoms with Crippen LogP contribution in [-0.4, -0.2) is 64.0 Å². The molecule has 8 heteroatoms. The highest BCUT2D eigenvalue weighted by Gasteiger charge is 2.36. The van der Waals surface area contributed by atoms with Crippen molar-refractivity contribution >= 4 is 41.1 Å². The number of carboxylic acid groups (broad SMARTS) is 1. The average Bonchev–Trinajstić information content (AvgIpc) is 3.01. The highest BCUT2D eigenvalue weighted by molar-refractivity contribution is 7.99. The van der Waals surface area contributed by atoms with Gasteiger partial charge in [0.25, 0.3) is 5.91 Å². The minimum Gasteiger partial charge on any atom is -0.481 e. The zero-order valence-corrected chi connectivity index (χ0v) is 14.1. The number of hydrogen-bond acceptors (Lipinski definition) is 4. The van der Waals surface area contributed by atoms with Gasteiger partial charge in [-0.15, -0.1) is 11.8 Å². The topological polar surface area (TPSA) is 77.9 Å². The summed E-state index contributed by atoms with van der Waals surface area (Å²) >= 11 is 7.32. The van der Waals surface area contributed by atoms with Crippen molar-refractivity contribution in [3.8, 4) is 0 Å². The minimum atomic E-state index is -0.959. The van der Waals surface area contributed by atoms with Crippen molar-refractivity contribution in [3.63, 3.8) is 0 Å². The Kier molecular flexibility index (Phi) is 5.90. The molecule has 1 atom stereocenters. The lowest BCUT2D eigenvalue weighted by atomic mass is 10.1. The Morgan fingerprint density at radius 2 is 2.00 bits per heavy atom. The van der Waals surface area contributed by atoms with E-state index in [1.54, 1.807) is 31.3 Å². The Labute approximate surface area is 143 Å². The molecule has 0 saturated carbocycles. The second-order valence-electron chi connectivity index (χ2n) is 5.20. The predicted octanol–water partition coefficient (Wildman–Crippen LogP) is 1.79. The van der Waals surface area contributed by atoms with Gasteiger partial charge in [-0.2, -0.15) is 0 Å². The van der Waals surface area contributed by atoms with Crippen molar-refractivity contribution < 1.29 is 19.5 Å². The van der Waals surface area contributed by atoms with Crippen LogP contribution >= 0.6 is 23.4 Å². The van der Waals surface area contributed by atoms with Crippen LogP contribution < -0.4 is 0 Å². The SMILES string of the molecule is CN(CCC(=O)O)C(=O)C1CSCN1C(=O)c1ccc(Cl)cc1. The molecule has 0 aromatic heterocycles. The number of halogens is 1. The van der Waals surface area contributed by atoms with Gasteiger partial charge in [0.2, 0.25) is 5.91 Å². The van der Waals surface area contributed by atoms with Crippen LogP contribution in [0.15, 0.2) is 24.3 Å². The summed E-state index contributed by atoms with van der Waals surface area (Å²) in [6, 6.07) is 5.95. The molecule has 1 aromatic carbocycles. The number of rotatable bonds is 5. The van der Waals surface area contributed by atoms with E-state index in [4.69, 9.17) is 16.7 Å². The largest absolute Gasteiger partial charge is 0.481 e. The van der Waals surface area contributed by atoms with Crippen LogP contribution in [0.3, 0.4) is 0 Å². The minimum absolute atomic E-state index is 0.118. The molecule has 0 bridgehead atoms. The van der Waals surface area contributed by atoms with E-state index in [1.165, 1.54) is 21.6 Å². The number of carbonyl (C=O) groups is 3. The molecule has 0 radical (unpaired) electrons. The molecular weight excluding hydrogens is 340 g/mol. The molecule has 0 spiro atoms. The third-order valence-electron chi connectivity index (χ3n) is 3.56. The van der Waals surface area contributed by atoms with Gasteiger partial charge in [0.05, 0.1) is 12.3 Å². The van der Waals surface area contributed by atoms with Gasteiger partial charge < -0.3 is 14.9 Å². The summed E-state index contributed by atoms with van der Waals surface area (Å²) in [6.45, 7) is 0.123.